The van der Waals surface area contributed by atoms with Gasteiger partial charge < -0.3 is 10.6 Å². The second-order valence-corrected chi connectivity index (χ2v) is 5.13. The van der Waals surface area contributed by atoms with E-state index in [1.165, 1.54) is 12.8 Å². The van der Waals surface area contributed by atoms with E-state index in [0.29, 0.717) is 6.04 Å². The van der Waals surface area contributed by atoms with Gasteiger partial charge in [0.25, 0.3) is 0 Å². The molecule has 0 aliphatic heterocycles. The van der Waals surface area contributed by atoms with Crippen molar-refractivity contribution in [2.24, 2.45) is 5.41 Å². The molecule has 2 N–H and O–H groups in total. The highest BCUT2D eigenvalue weighted by Gasteiger charge is 2.35. The predicted molar refractivity (Wildman–Crippen MR) is 62.7 cm³/mol. The number of carbonyl (C=O) groups is 1. The van der Waals surface area contributed by atoms with Gasteiger partial charge in [-0.3, -0.25) is 4.79 Å². The van der Waals surface area contributed by atoms with Gasteiger partial charge in [-0.15, -0.1) is 0 Å². The Kier molecular flexibility index (Phi) is 4.58. The van der Waals surface area contributed by atoms with Crippen molar-refractivity contribution in [3.63, 3.8) is 0 Å². The summed E-state index contributed by atoms with van der Waals surface area (Å²) in [5.41, 5.74) is -0.0855. The van der Waals surface area contributed by atoms with E-state index >= 15 is 0 Å². The molecule has 1 rings (SSSR count). The first-order valence-corrected chi connectivity index (χ1v) is 6.06. The monoisotopic (exact) mass is 212 g/mol. The molecule has 0 aromatic carbocycles. The smallest absolute Gasteiger partial charge is 0.225 e. The third kappa shape index (κ3) is 3.82. The van der Waals surface area contributed by atoms with Gasteiger partial charge in [0.2, 0.25) is 5.91 Å². The van der Waals surface area contributed by atoms with Crippen LogP contribution < -0.4 is 10.6 Å². The van der Waals surface area contributed by atoms with Crippen molar-refractivity contribution in [1.29, 1.82) is 0 Å². The Morgan fingerprint density at radius 1 is 1.27 bits per heavy atom. The largest absolute Gasteiger partial charge is 0.354 e. The minimum absolute atomic E-state index is 0.0855. The molecule has 0 unspecified atom stereocenters. The first-order valence-electron chi connectivity index (χ1n) is 6.06. The summed E-state index contributed by atoms with van der Waals surface area (Å²) in [7, 11) is 0. The zero-order valence-electron chi connectivity index (χ0n) is 10.2. The summed E-state index contributed by atoms with van der Waals surface area (Å²) < 4.78 is 0. The second-order valence-electron chi connectivity index (χ2n) is 5.13. The topological polar surface area (TPSA) is 41.1 Å². The van der Waals surface area contributed by atoms with Crippen molar-refractivity contribution >= 4 is 5.91 Å². The van der Waals surface area contributed by atoms with Crippen LogP contribution in [-0.2, 0) is 4.79 Å². The SMILES string of the molecule is CC(C)NCCNC(=O)C1(C)CCCC1. The summed E-state index contributed by atoms with van der Waals surface area (Å²) in [6, 6.07) is 0.490. The zero-order valence-corrected chi connectivity index (χ0v) is 10.2. The van der Waals surface area contributed by atoms with Crippen LogP contribution >= 0.6 is 0 Å². The fraction of sp³-hybridized carbons (Fsp3) is 0.917. The lowest BCUT2D eigenvalue weighted by molar-refractivity contribution is -0.129. The summed E-state index contributed by atoms with van der Waals surface area (Å²) in [6.07, 6.45) is 4.51. The zero-order chi connectivity index (χ0) is 11.3. The van der Waals surface area contributed by atoms with Gasteiger partial charge >= 0.3 is 0 Å². The van der Waals surface area contributed by atoms with Gasteiger partial charge in [-0.2, -0.15) is 0 Å². The van der Waals surface area contributed by atoms with Gasteiger partial charge in [-0.25, -0.2) is 0 Å². The fourth-order valence-corrected chi connectivity index (χ4v) is 2.13. The van der Waals surface area contributed by atoms with Gasteiger partial charge in [0.15, 0.2) is 0 Å². The maximum absolute atomic E-state index is 11.9. The van der Waals surface area contributed by atoms with Gasteiger partial charge in [0.1, 0.15) is 0 Å². The van der Waals surface area contributed by atoms with E-state index in [-0.39, 0.29) is 11.3 Å². The van der Waals surface area contributed by atoms with E-state index in [4.69, 9.17) is 0 Å². The molecule has 15 heavy (non-hydrogen) atoms. The van der Waals surface area contributed by atoms with Gasteiger partial charge in [0, 0.05) is 24.5 Å². The maximum Gasteiger partial charge on any atom is 0.225 e. The van der Waals surface area contributed by atoms with Gasteiger partial charge in [-0.1, -0.05) is 33.6 Å². The van der Waals surface area contributed by atoms with Gasteiger partial charge in [-0.05, 0) is 12.8 Å². The Morgan fingerprint density at radius 2 is 1.87 bits per heavy atom. The number of hydrogen-bond donors (Lipinski definition) is 2. The molecule has 3 heteroatoms. The lowest BCUT2D eigenvalue weighted by atomic mass is 9.88. The Balaban J connectivity index is 2.18. The number of carbonyl (C=O) groups excluding carboxylic acids is 1. The van der Waals surface area contributed by atoms with Gasteiger partial charge in [0.05, 0.1) is 0 Å². The summed E-state index contributed by atoms with van der Waals surface area (Å²) in [5.74, 6) is 0.241. The number of amides is 1. The highest BCUT2D eigenvalue weighted by atomic mass is 16.2. The summed E-state index contributed by atoms with van der Waals surface area (Å²) in [5, 5.41) is 6.31. The standard InChI is InChI=1S/C12H24N2O/c1-10(2)13-8-9-14-11(15)12(3)6-4-5-7-12/h10,13H,4-9H2,1-3H3,(H,14,15). The molecule has 1 aliphatic rings. The van der Waals surface area contributed by atoms with Crippen LogP contribution in [0.2, 0.25) is 0 Å². The van der Waals surface area contributed by atoms with Crippen molar-refractivity contribution in [3.05, 3.63) is 0 Å². The molecule has 1 aliphatic carbocycles. The van der Waals surface area contributed by atoms with E-state index in [0.717, 1.165) is 25.9 Å². The minimum Gasteiger partial charge on any atom is -0.354 e. The quantitative estimate of drug-likeness (QED) is 0.681. The molecule has 3 nitrogen and oxygen atoms in total. The van der Waals surface area contributed by atoms with Crippen LogP contribution in [0.5, 0.6) is 0 Å². The Labute approximate surface area is 93.0 Å². The maximum atomic E-state index is 11.9. The van der Waals surface area contributed by atoms with Crippen LogP contribution in [0.4, 0.5) is 0 Å². The van der Waals surface area contributed by atoms with Crippen molar-refractivity contribution in [3.8, 4) is 0 Å². The van der Waals surface area contributed by atoms with Crippen molar-refractivity contribution in [2.75, 3.05) is 13.1 Å². The minimum atomic E-state index is -0.0855. The molecule has 0 aromatic rings. The normalized spacial score (nSPS) is 19.5. The molecule has 1 amide bonds. The van der Waals surface area contributed by atoms with Crippen molar-refractivity contribution in [2.45, 2.75) is 52.5 Å². The Bertz CT molecular complexity index is 208. The molecule has 0 saturated heterocycles. The number of hydrogen-bond acceptors (Lipinski definition) is 2. The second kappa shape index (κ2) is 5.50. The molecule has 0 aromatic heterocycles. The van der Waals surface area contributed by atoms with E-state index in [9.17, 15) is 4.79 Å². The fourth-order valence-electron chi connectivity index (χ4n) is 2.13. The highest BCUT2D eigenvalue weighted by molar-refractivity contribution is 5.82. The van der Waals surface area contributed by atoms with Crippen LogP contribution in [0.25, 0.3) is 0 Å². The summed E-state index contributed by atoms with van der Waals surface area (Å²) in [6.45, 7) is 7.91. The third-order valence-corrected chi connectivity index (χ3v) is 3.22. The molecule has 1 saturated carbocycles. The van der Waals surface area contributed by atoms with Crippen LogP contribution in [0.1, 0.15) is 46.5 Å². The van der Waals surface area contributed by atoms with E-state index in [1.807, 2.05) is 0 Å². The molecule has 0 heterocycles. The highest BCUT2D eigenvalue weighted by Crippen LogP contribution is 2.37. The first kappa shape index (κ1) is 12.5. The molecular weight excluding hydrogens is 188 g/mol. The summed E-state index contributed by atoms with van der Waals surface area (Å²) in [4.78, 5) is 11.9. The molecule has 0 bridgehead atoms. The predicted octanol–water partition coefficient (Wildman–Crippen LogP) is 1.68. The molecular formula is C12H24N2O. The summed E-state index contributed by atoms with van der Waals surface area (Å²) >= 11 is 0. The van der Waals surface area contributed by atoms with Crippen molar-refractivity contribution in [1.82, 2.24) is 10.6 Å². The molecule has 88 valence electrons. The van der Waals surface area contributed by atoms with Crippen LogP contribution in [0, 0.1) is 5.41 Å². The third-order valence-electron chi connectivity index (χ3n) is 3.22. The lowest BCUT2D eigenvalue weighted by Crippen LogP contribution is -2.41. The number of nitrogens with one attached hydrogen (secondary N) is 2. The first-order chi connectivity index (χ1) is 7.04. The van der Waals surface area contributed by atoms with Crippen LogP contribution in [0.15, 0.2) is 0 Å². The average molecular weight is 212 g/mol. The Hall–Kier alpha value is -0.570. The molecule has 0 spiro atoms. The molecule has 0 radical (unpaired) electrons. The van der Waals surface area contributed by atoms with E-state index < -0.39 is 0 Å². The van der Waals surface area contributed by atoms with Crippen molar-refractivity contribution < 1.29 is 4.79 Å². The van der Waals surface area contributed by atoms with E-state index in [1.54, 1.807) is 0 Å². The van der Waals surface area contributed by atoms with Crippen LogP contribution in [0.3, 0.4) is 0 Å². The van der Waals surface area contributed by atoms with E-state index in [2.05, 4.69) is 31.4 Å². The lowest BCUT2D eigenvalue weighted by Gasteiger charge is -2.22. The van der Waals surface area contributed by atoms with Crippen LogP contribution in [-0.4, -0.2) is 25.0 Å². The molecule has 0 atom stereocenters. The number of rotatable bonds is 5. The Morgan fingerprint density at radius 3 is 2.40 bits per heavy atom. The average Bonchev–Trinajstić information content (AvgIpc) is 2.60. The molecule has 1 fully saturated rings.